The first-order valence-electron chi connectivity index (χ1n) is 7.64. The molecule has 0 aromatic heterocycles. The van der Waals surface area contributed by atoms with Crippen LogP contribution in [-0.4, -0.2) is 38.2 Å². The van der Waals surface area contributed by atoms with Crippen LogP contribution in [0.1, 0.15) is 40.0 Å². The Morgan fingerprint density at radius 3 is 2.60 bits per heavy atom. The van der Waals surface area contributed by atoms with Crippen molar-refractivity contribution >= 4 is 14.3 Å². The van der Waals surface area contributed by atoms with Gasteiger partial charge in [-0.2, -0.15) is 0 Å². The Balaban J connectivity index is 2.10. The lowest BCUT2D eigenvalue weighted by Gasteiger charge is -2.40. The third-order valence-electron chi connectivity index (χ3n) is 5.37. The zero-order chi connectivity index (χ0) is 15.1. The minimum absolute atomic E-state index is 0.00817. The predicted molar refractivity (Wildman–Crippen MR) is 79.9 cm³/mol. The number of hydrogen-bond donors (Lipinski definition) is 1. The predicted octanol–water partition coefficient (Wildman–Crippen LogP) is 2.71. The van der Waals surface area contributed by atoms with Crippen LogP contribution in [0.3, 0.4) is 0 Å². The van der Waals surface area contributed by atoms with E-state index in [-0.39, 0.29) is 41.7 Å². The number of carbonyl (C=O) groups is 1. The number of fused-ring (bicyclic) bond motifs is 1. The molecule has 2 aliphatic rings. The van der Waals surface area contributed by atoms with E-state index in [0.717, 1.165) is 6.42 Å². The summed E-state index contributed by atoms with van der Waals surface area (Å²) in [6.07, 6.45) is 2.14. The van der Waals surface area contributed by atoms with Gasteiger partial charge in [0.05, 0.1) is 12.5 Å². The molecule has 2 rings (SSSR count). The number of ether oxygens (including phenoxy) is 1. The van der Waals surface area contributed by atoms with Crippen LogP contribution in [0.25, 0.3) is 0 Å². The Kier molecular flexibility index (Phi) is 4.34. The number of esters is 1. The summed E-state index contributed by atoms with van der Waals surface area (Å²) < 4.78 is 11.9. The molecular formula is C15H28O4Si. The molecule has 116 valence electrons. The molecule has 5 heteroatoms. The van der Waals surface area contributed by atoms with Crippen LogP contribution < -0.4 is 0 Å². The average Bonchev–Trinajstić information content (AvgIpc) is 2.76. The Bertz CT molecular complexity index is 375. The fraction of sp³-hybridized carbons (Fsp3) is 0.933. The van der Waals surface area contributed by atoms with E-state index in [1.807, 2.05) is 0 Å². The van der Waals surface area contributed by atoms with Gasteiger partial charge in [-0.1, -0.05) is 20.8 Å². The first-order chi connectivity index (χ1) is 9.15. The van der Waals surface area contributed by atoms with Gasteiger partial charge in [0.1, 0.15) is 6.10 Å². The van der Waals surface area contributed by atoms with E-state index in [1.165, 1.54) is 0 Å². The van der Waals surface area contributed by atoms with Gasteiger partial charge in [0.15, 0.2) is 8.32 Å². The van der Waals surface area contributed by atoms with E-state index in [9.17, 15) is 9.90 Å². The number of aliphatic hydroxyl groups is 1. The van der Waals surface area contributed by atoms with Gasteiger partial charge in [-0.3, -0.25) is 4.79 Å². The van der Waals surface area contributed by atoms with Crippen molar-refractivity contribution in [2.45, 2.75) is 70.4 Å². The van der Waals surface area contributed by atoms with Gasteiger partial charge in [0, 0.05) is 18.9 Å². The second kappa shape index (κ2) is 5.43. The van der Waals surface area contributed by atoms with Gasteiger partial charge in [0.2, 0.25) is 0 Å². The monoisotopic (exact) mass is 300 g/mol. The van der Waals surface area contributed by atoms with Crippen molar-refractivity contribution in [1.29, 1.82) is 0 Å². The van der Waals surface area contributed by atoms with Gasteiger partial charge < -0.3 is 14.3 Å². The van der Waals surface area contributed by atoms with Crippen molar-refractivity contribution < 1.29 is 19.1 Å². The standard InChI is InChI=1S/C15H28O4Si/c1-15(2,3)20(4,5)19-13-9-12-11(8-14(17)18-12)10(13)6-7-16/h10-13,16H,6-9H2,1-5H3/t10-,11+,12-,13+/m1/s1. The van der Waals surface area contributed by atoms with Gasteiger partial charge in [-0.05, 0) is 30.5 Å². The molecule has 0 radical (unpaired) electrons. The first-order valence-corrected chi connectivity index (χ1v) is 10.5. The Morgan fingerprint density at radius 2 is 2.05 bits per heavy atom. The van der Waals surface area contributed by atoms with Crippen LogP contribution in [0.4, 0.5) is 0 Å². The normalized spacial score (nSPS) is 34.2. The number of hydrogen-bond acceptors (Lipinski definition) is 4. The molecule has 0 unspecified atom stereocenters. The highest BCUT2D eigenvalue weighted by molar-refractivity contribution is 6.74. The van der Waals surface area contributed by atoms with Gasteiger partial charge in [-0.25, -0.2) is 0 Å². The van der Waals surface area contributed by atoms with Crippen LogP contribution >= 0.6 is 0 Å². The van der Waals surface area contributed by atoms with E-state index < -0.39 is 8.32 Å². The molecule has 4 nitrogen and oxygen atoms in total. The van der Waals surface area contributed by atoms with Crippen molar-refractivity contribution in [3.8, 4) is 0 Å². The van der Waals surface area contributed by atoms with E-state index in [4.69, 9.17) is 9.16 Å². The van der Waals surface area contributed by atoms with Crippen LogP contribution in [-0.2, 0) is 14.0 Å². The van der Waals surface area contributed by atoms with Crippen LogP contribution in [0, 0.1) is 11.8 Å². The number of aliphatic hydroxyl groups excluding tert-OH is 1. The SMILES string of the molecule is CC(C)(C)[Si](C)(C)O[C@H]1C[C@H]2OC(=O)C[C@H]2[C@H]1CCO. The van der Waals surface area contributed by atoms with Crippen molar-refractivity contribution in [1.82, 2.24) is 0 Å². The topological polar surface area (TPSA) is 55.8 Å². The molecule has 0 spiro atoms. The van der Waals surface area contributed by atoms with E-state index in [1.54, 1.807) is 0 Å². The Hall–Kier alpha value is -0.393. The molecule has 1 aliphatic heterocycles. The fourth-order valence-electron chi connectivity index (χ4n) is 3.20. The largest absolute Gasteiger partial charge is 0.462 e. The highest BCUT2D eigenvalue weighted by Crippen LogP contribution is 2.47. The number of rotatable bonds is 4. The smallest absolute Gasteiger partial charge is 0.306 e. The van der Waals surface area contributed by atoms with Crippen LogP contribution in [0.15, 0.2) is 0 Å². The van der Waals surface area contributed by atoms with E-state index in [2.05, 4.69) is 33.9 Å². The molecule has 20 heavy (non-hydrogen) atoms. The summed E-state index contributed by atoms with van der Waals surface area (Å²) in [7, 11) is -1.83. The molecule has 1 saturated carbocycles. The maximum atomic E-state index is 11.4. The van der Waals surface area contributed by atoms with Crippen molar-refractivity contribution in [3.05, 3.63) is 0 Å². The van der Waals surface area contributed by atoms with Gasteiger partial charge in [-0.15, -0.1) is 0 Å². The maximum absolute atomic E-state index is 11.4. The Labute approximate surface area is 123 Å². The molecule has 1 saturated heterocycles. The summed E-state index contributed by atoms with van der Waals surface area (Å²) in [4.78, 5) is 11.4. The van der Waals surface area contributed by atoms with Crippen molar-refractivity contribution in [3.63, 3.8) is 0 Å². The fourth-order valence-corrected chi connectivity index (χ4v) is 4.58. The lowest BCUT2D eigenvalue weighted by molar-refractivity contribution is -0.141. The highest BCUT2D eigenvalue weighted by Gasteiger charge is 2.52. The second-order valence-electron chi connectivity index (χ2n) is 7.72. The summed E-state index contributed by atoms with van der Waals surface area (Å²) in [5.41, 5.74) is 0. The summed E-state index contributed by atoms with van der Waals surface area (Å²) in [6.45, 7) is 11.4. The molecule has 0 aromatic rings. The Morgan fingerprint density at radius 1 is 1.40 bits per heavy atom. The maximum Gasteiger partial charge on any atom is 0.306 e. The van der Waals surface area contributed by atoms with E-state index >= 15 is 0 Å². The summed E-state index contributed by atoms with van der Waals surface area (Å²) in [6, 6.07) is 0. The van der Waals surface area contributed by atoms with Gasteiger partial charge >= 0.3 is 5.97 Å². The van der Waals surface area contributed by atoms with Crippen molar-refractivity contribution in [2.75, 3.05) is 6.61 Å². The molecule has 1 heterocycles. The van der Waals surface area contributed by atoms with Crippen LogP contribution in [0.2, 0.25) is 18.1 Å². The van der Waals surface area contributed by atoms with Gasteiger partial charge in [0.25, 0.3) is 0 Å². The molecule has 0 amide bonds. The average molecular weight is 300 g/mol. The molecule has 0 aromatic carbocycles. The summed E-state index contributed by atoms with van der Waals surface area (Å²) in [5.74, 6) is 0.406. The molecule has 1 aliphatic carbocycles. The lowest BCUT2D eigenvalue weighted by atomic mass is 9.90. The number of carbonyl (C=O) groups excluding carboxylic acids is 1. The highest BCUT2D eigenvalue weighted by atomic mass is 28.4. The van der Waals surface area contributed by atoms with E-state index in [0.29, 0.717) is 12.8 Å². The first kappa shape index (κ1) is 16.0. The molecular weight excluding hydrogens is 272 g/mol. The zero-order valence-electron chi connectivity index (χ0n) is 13.3. The van der Waals surface area contributed by atoms with Crippen LogP contribution in [0.5, 0.6) is 0 Å². The molecule has 2 fully saturated rings. The lowest BCUT2D eigenvalue weighted by Crippen LogP contribution is -2.45. The third-order valence-corrected chi connectivity index (χ3v) is 9.87. The summed E-state index contributed by atoms with van der Waals surface area (Å²) in [5, 5.41) is 9.49. The minimum atomic E-state index is -1.83. The summed E-state index contributed by atoms with van der Waals surface area (Å²) >= 11 is 0. The zero-order valence-corrected chi connectivity index (χ0v) is 14.3. The van der Waals surface area contributed by atoms with Crippen molar-refractivity contribution in [2.24, 2.45) is 11.8 Å². The quantitative estimate of drug-likeness (QED) is 0.640. The second-order valence-corrected chi connectivity index (χ2v) is 12.5. The third kappa shape index (κ3) is 2.94. The molecule has 0 bridgehead atoms. The molecule has 4 atom stereocenters. The molecule has 1 N–H and O–H groups in total. The minimum Gasteiger partial charge on any atom is -0.462 e.